The van der Waals surface area contributed by atoms with Gasteiger partial charge in [0.05, 0.1) is 0 Å². The summed E-state index contributed by atoms with van der Waals surface area (Å²) in [5, 5.41) is 11.0. The summed E-state index contributed by atoms with van der Waals surface area (Å²) in [5.41, 5.74) is 4.29. The second-order valence-corrected chi connectivity index (χ2v) is 7.24. The molecule has 0 aliphatic carbocycles. The summed E-state index contributed by atoms with van der Waals surface area (Å²) in [6, 6.07) is 14.4. The van der Waals surface area contributed by atoms with E-state index < -0.39 is 0 Å². The van der Waals surface area contributed by atoms with E-state index in [1.807, 2.05) is 24.3 Å². The van der Waals surface area contributed by atoms with Crippen molar-refractivity contribution in [3.63, 3.8) is 0 Å². The number of rotatable bonds is 5. The molecule has 2 N–H and O–H groups in total. The standard InChI is InChI=1S/C20H23ClN6/c1-26-7-9-27(10-8-26)18-6-5-16(19(21)12-18)13-22-17-4-2-3-15(11-17)20-23-14-24-25-20/h2-6,11-12,14,22H,7-10,13H2,1H3,(H,23,24,25). The van der Waals surface area contributed by atoms with Crippen LogP contribution in [0.3, 0.4) is 0 Å². The zero-order valence-electron chi connectivity index (χ0n) is 15.3. The Morgan fingerprint density at radius 1 is 1.11 bits per heavy atom. The Kier molecular flexibility index (Phi) is 5.27. The predicted octanol–water partition coefficient (Wildman–Crippen LogP) is 3.49. The molecule has 0 amide bonds. The Morgan fingerprint density at radius 2 is 1.96 bits per heavy atom. The van der Waals surface area contributed by atoms with Crippen LogP contribution in [0.4, 0.5) is 11.4 Å². The molecule has 1 aliphatic heterocycles. The molecule has 3 aromatic rings. The second kappa shape index (κ2) is 7.98. The normalized spacial score (nSPS) is 15.1. The van der Waals surface area contributed by atoms with Crippen molar-refractivity contribution in [2.45, 2.75) is 6.54 Å². The topological polar surface area (TPSA) is 60.1 Å². The van der Waals surface area contributed by atoms with Gasteiger partial charge in [0.2, 0.25) is 0 Å². The van der Waals surface area contributed by atoms with Crippen molar-refractivity contribution in [3.05, 3.63) is 59.4 Å². The van der Waals surface area contributed by atoms with Crippen LogP contribution in [0.25, 0.3) is 11.4 Å². The van der Waals surface area contributed by atoms with E-state index in [0.717, 1.165) is 53.8 Å². The van der Waals surface area contributed by atoms with E-state index in [0.29, 0.717) is 6.54 Å². The van der Waals surface area contributed by atoms with Crippen LogP contribution in [0.2, 0.25) is 5.02 Å². The van der Waals surface area contributed by atoms with Crippen LogP contribution in [-0.4, -0.2) is 53.3 Å². The Morgan fingerprint density at radius 3 is 2.70 bits per heavy atom. The van der Waals surface area contributed by atoms with Gasteiger partial charge >= 0.3 is 0 Å². The Hall–Kier alpha value is -2.57. The molecule has 27 heavy (non-hydrogen) atoms. The zero-order valence-corrected chi connectivity index (χ0v) is 16.1. The van der Waals surface area contributed by atoms with Gasteiger partial charge in [-0.2, -0.15) is 5.10 Å². The first-order chi connectivity index (χ1) is 13.2. The minimum absolute atomic E-state index is 0.668. The number of piperazine rings is 1. The first-order valence-electron chi connectivity index (χ1n) is 9.10. The molecular formula is C20H23ClN6. The number of hydrogen-bond acceptors (Lipinski definition) is 5. The van der Waals surface area contributed by atoms with Crippen LogP contribution in [0, 0.1) is 0 Å². The predicted molar refractivity (Wildman–Crippen MR) is 110 cm³/mol. The molecule has 0 atom stereocenters. The van der Waals surface area contributed by atoms with Crippen molar-refractivity contribution in [1.82, 2.24) is 20.1 Å². The lowest BCUT2D eigenvalue weighted by Gasteiger charge is -2.34. The lowest BCUT2D eigenvalue weighted by atomic mass is 10.1. The largest absolute Gasteiger partial charge is 0.381 e. The highest BCUT2D eigenvalue weighted by atomic mass is 35.5. The van der Waals surface area contributed by atoms with Crippen molar-refractivity contribution in [2.75, 3.05) is 43.4 Å². The first-order valence-corrected chi connectivity index (χ1v) is 9.48. The molecule has 2 heterocycles. The SMILES string of the molecule is CN1CCN(c2ccc(CNc3cccc(-c4ncn[nH]4)c3)c(Cl)c2)CC1. The number of anilines is 2. The maximum absolute atomic E-state index is 6.56. The number of aromatic amines is 1. The third-order valence-electron chi connectivity index (χ3n) is 4.94. The van der Waals surface area contributed by atoms with Gasteiger partial charge in [-0.25, -0.2) is 4.98 Å². The van der Waals surface area contributed by atoms with Crippen LogP contribution >= 0.6 is 11.6 Å². The van der Waals surface area contributed by atoms with Crippen molar-refractivity contribution in [2.24, 2.45) is 0 Å². The number of likely N-dealkylation sites (N-methyl/N-ethyl adjacent to an activating group) is 1. The molecule has 0 spiro atoms. The highest BCUT2D eigenvalue weighted by Crippen LogP contribution is 2.26. The monoisotopic (exact) mass is 382 g/mol. The average Bonchev–Trinajstić information content (AvgIpc) is 3.23. The van der Waals surface area contributed by atoms with Crippen LogP contribution in [0.5, 0.6) is 0 Å². The summed E-state index contributed by atoms with van der Waals surface area (Å²) in [5.74, 6) is 0.758. The molecule has 0 unspecified atom stereocenters. The Labute approximate surface area is 164 Å². The van der Waals surface area contributed by atoms with E-state index in [2.05, 4.69) is 55.5 Å². The van der Waals surface area contributed by atoms with Crippen LogP contribution < -0.4 is 10.2 Å². The van der Waals surface area contributed by atoms with Crippen molar-refractivity contribution in [3.8, 4) is 11.4 Å². The van der Waals surface area contributed by atoms with Crippen molar-refractivity contribution >= 4 is 23.0 Å². The van der Waals surface area contributed by atoms with Gasteiger partial charge in [0.1, 0.15) is 6.33 Å². The van der Waals surface area contributed by atoms with Gasteiger partial charge in [0.25, 0.3) is 0 Å². The minimum Gasteiger partial charge on any atom is -0.381 e. The smallest absolute Gasteiger partial charge is 0.155 e. The molecule has 1 saturated heterocycles. The molecule has 1 aromatic heterocycles. The van der Waals surface area contributed by atoms with Gasteiger partial charge in [-0.05, 0) is 36.9 Å². The quantitative estimate of drug-likeness (QED) is 0.707. The number of nitrogens with one attached hydrogen (secondary N) is 2. The fourth-order valence-corrected chi connectivity index (χ4v) is 3.50. The summed E-state index contributed by atoms with van der Waals surface area (Å²) in [6.45, 7) is 4.92. The molecule has 1 aliphatic rings. The molecule has 7 heteroatoms. The van der Waals surface area contributed by atoms with E-state index in [4.69, 9.17) is 11.6 Å². The zero-order chi connectivity index (χ0) is 18.6. The van der Waals surface area contributed by atoms with Gasteiger partial charge in [-0.3, -0.25) is 5.10 Å². The highest BCUT2D eigenvalue weighted by Gasteiger charge is 2.15. The van der Waals surface area contributed by atoms with Gasteiger partial charge in [-0.15, -0.1) is 0 Å². The van der Waals surface area contributed by atoms with E-state index in [1.165, 1.54) is 12.0 Å². The number of H-pyrrole nitrogens is 1. The van der Waals surface area contributed by atoms with Gasteiger partial charge in [-0.1, -0.05) is 29.8 Å². The van der Waals surface area contributed by atoms with E-state index in [-0.39, 0.29) is 0 Å². The lowest BCUT2D eigenvalue weighted by molar-refractivity contribution is 0.313. The number of benzene rings is 2. The third-order valence-corrected chi connectivity index (χ3v) is 5.29. The summed E-state index contributed by atoms with van der Waals surface area (Å²) >= 11 is 6.56. The van der Waals surface area contributed by atoms with Gasteiger partial charge in [0.15, 0.2) is 5.82 Å². The van der Waals surface area contributed by atoms with Gasteiger partial charge < -0.3 is 15.1 Å². The number of hydrogen-bond donors (Lipinski definition) is 2. The van der Waals surface area contributed by atoms with E-state index in [1.54, 1.807) is 0 Å². The Balaban J connectivity index is 1.42. The summed E-state index contributed by atoms with van der Waals surface area (Å²) in [4.78, 5) is 8.94. The summed E-state index contributed by atoms with van der Waals surface area (Å²) in [7, 11) is 2.16. The lowest BCUT2D eigenvalue weighted by Crippen LogP contribution is -2.44. The van der Waals surface area contributed by atoms with Crippen LogP contribution in [-0.2, 0) is 6.54 Å². The number of aromatic nitrogens is 3. The van der Waals surface area contributed by atoms with Crippen LogP contribution in [0.15, 0.2) is 48.8 Å². The third kappa shape index (κ3) is 4.23. The molecular weight excluding hydrogens is 360 g/mol. The average molecular weight is 383 g/mol. The molecule has 4 rings (SSSR count). The highest BCUT2D eigenvalue weighted by molar-refractivity contribution is 6.31. The van der Waals surface area contributed by atoms with Crippen molar-refractivity contribution < 1.29 is 0 Å². The molecule has 140 valence electrons. The van der Waals surface area contributed by atoms with Crippen molar-refractivity contribution in [1.29, 1.82) is 0 Å². The fraction of sp³-hybridized carbons (Fsp3) is 0.300. The first kappa shape index (κ1) is 17.8. The number of nitrogens with zero attached hydrogens (tertiary/aromatic N) is 4. The van der Waals surface area contributed by atoms with E-state index in [9.17, 15) is 0 Å². The van der Waals surface area contributed by atoms with E-state index >= 15 is 0 Å². The molecule has 0 saturated carbocycles. The molecule has 1 fully saturated rings. The van der Waals surface area contributed by atoms with Crippen LogP contribution in [0.1, 0.15) is 5.56 Å². The molecule has 0 radical (unpaired) electrons. The molecule has 2 aromatic carbocycles. The maximum atomic E-state index is 6.56. The minimum atomic E-state index is 0.668. The molecule has 6 nitrogen and oxygen atoms in total. The second-order valence-electron chi connectivity index (χ2n) is 6.83. The fourth-order valence-electron chi connectivity index (χ4n) is 3.26. The number of halogens is 1. The summed E-state index contributed by atoms with van der Waals surface area (Å²) < 4.78 is 0. The molecule has 0 bridgehead atoms. The van der Waals surface area contributed by atoms with Gasteiger partial charge in [0, 0.05) is 54.7 Å². The Bertz CT molecular complexity index is 887. The maximum Gasteiger partial charge on any atom is 0.155 e. The summed E-state index contributed by atoms with van der Waals surface area (Å²) in [6.07, 6.45) is 1.51.